The first kappa shape index (κ1) is 21.5. The molecule has 1 aliphatic heterocycles. The number of anilines is 1. The number of nitrogens with zero attached hydrogens (tertiary/aromatic N) is 4. The van der Waals surface area contributed by atoms with Crippen molar-refractivity contribution in [1.29, 1.82) is 15.8 Å². The first-order valence-electron chi connectivity index (χ1n) is 11.2. The fourth-order valence-corrected chi connectivity index (χ4v) is 5.91. The summed E-state index contributed by atoms with van der Waals surface area (Å²) in [6.45, 7) is 1.95. The lowest BCUT2D eigenvalue weighted by Crippen LogP contribution is -2.17. The molecular weight excluding hydrogens is 436 g/mol. The van der Waals surface area contributed by atoms with Crippen molar-refractivity contribution in [2.24, 2.45) is 0 Å². The minimum absolute atomic E-state index is 0.104. The fourth-order valence-electron chi connectivity index (χ4n) is 4.63. The minimum atomic E-state index is 0.104. The van der Waals surface area contributed by atoms with Crippen LogP contribution in [0.4, 0.5) is 5.00 Å². The highest BCUT2D eigenvalue weighted by atomic mass is 32.1. The maximum Gasteiger partial charge on any atom is 0.137 e. The Bertz CT molecular complexity index is 1620. The Morgan fingerprint density at radius 2 is 1.50 bits per heavy atom. The molecule has 0 atom stereocenters. The quantitative estimate of drug-likeness (QED) is 0.432. The number of rotatable bonds is 3. The summed E-state index contributed by atoms with van der Waals surface area (Å²) in [5.41, 5.74) is 2.82. The second-order valence-electron chi connectivity index (χ2n) is 8.18. The van der Waals surface area contributed by atoms with Crippen LogP contribution in [0.15, 0.2) is 66.7 Å². The maximum absolute atomic E-state index is 10.2. The number of thiophene rings is 1. The smallest absolute Gasteiger partial charge is 0.137 e. The molecular formula is C29H20N4S. The van der Waals surface area contributed by atoms with Crippen LogP contribution in [0.3, 0.4) is 0 Å². The fraction of sp³-hybridized carbons (Fsp3) is 0.138. The van der Waals surface area contributed by atoms with E-state index in [0.717, 1.165) is 68.5 Å². The summed E-state index contributed by atoms with van der Waals surface area (Å²) in [6, 6.07) is 28.3. The second kappa shape index (κ2) is 9.24. The van der Waals surface area contributed by atoms with Gasteiger partial charge in [0.05, 0.1) is 5.56 Å². The number of hydrogen-bond acceptors (Lipinski definition) is 5. The van der Waals surface area contributed by atoms with Crippen LogP contribution in [-0.4, -0.2) is 13.1 Å². The van der Waals surface area contributed by atoms with Gasteiger partial charge in [0.1, 0.15) is 28.8 Å². The Labute approximate surface area is 202 Å². The highest BCUT2D eigenvalue weighted by Crippen LogP contribution is 2.43. The van der Waals surface area contributed by atoms with Gasteiger partial charge in [-0.25, -0.2) is 0 Å². The molecule has 0 bridgehead atoms. The van der Waals surface area contributed by atoms with Crippen LogP contribution >= 0.6 is 11.3 Å². The largest absolute Gasteiger partial charge is 0.362 e. The molecule has 0 saturated carbocycles. The lowest BCUT2D eigenvalue weighted by molar-refractivity contribution is 0.949. The van der Waals surface area contributed by atoms with Crippen LogP contribution in [0, 0.1) is 34.0 Å². The van der Waals surface area contributed by atoms with Gasteiger partial charge >= 0.3 is 0 Å². The van der Waals surface area contributed by atoms with Crippen molar-refractivity contribution in [1.82, 2.24) is 0 Å². The van der Waals surface area contributed by atoms with Crippen LogP contribution in [0.1, 0.15) is 23.3 Å². The van der Waals surface area contributed by atoms with Crippen molar-refractivity contribution in [3.8, 4) is 29.3 Å². The molecule has 0 radical (unpaired) electrons. The van der Waals surface area contributed by atoms with Crippen molar-refractivity contribution >= 4 is 38.8 Å². The van der Waals surface area contributed by atoms with Crippen LogP contribution in [0.25, 0.3) is 33.5 Å². The summed E-state index contributed by atoms with van der Waals surface area (Å²) in [5.74, 6) is 0. The second-order valence-corrected chi connectivity index (χ2v) is 9.21. The van der Waals surface area contributed by atoms with E-state index in [-0.39, 0.29) is 5.57 Å². The standard InChI is InChI=1S/C29H20N4S/c30-17-22(18-31)24-13-12-21(23-10-4-5-11-25(23)24)16-27-28(20-8-2-1-3-9-20)26(19-32)29(34-27)33-14-6-7-15-33/h1-5,8-13,16H,6-7,14-15H2/b21-16-. The zero-order valence-electron chi connectivity index (χ0n) is 18.5. The number of benzene rings is 3. The van der Waals surface area contributed by atoms with Crippen molar-refractivity contribution in [2.75, 3.05) is 18.0 Å². The van der Waals surface area contributed by atoms with E-state index in [2.05, 4.69) is 29.2 Å². The molecule has 1 aromatic heterocycles. The average molecular weight is 457 g/mol. The molecule has 3 aromatic carbocycles. The van der Waals surface area contributed by atoms with E-state index in [1.54, 1.807) is 11.3 Å². The summed E-state index contributed by atoms with van der Waals surface area (Å²) < 4.78 is 0. The molecule has 34 heavy (non-hydrogen) atoms. The summed E-state index contributed by atoms with van der Waals surface area (Å²) in [5, 5.41) is 33.5. The lowest BCUT2D eigenvalue weighted by atomic mass is 9.99. The lowest BCUT2D eigenvalue weighted by Gasteiger charge is -2.15. The van der Waals surface area contributed by atoms with Gasteiger partial charge in [0, 0.05) is 28.7 Å². The van der Waals surface area contributed by atoms with Crippen LogP contribution in [0.5, 0.6) is 0 Å². The molecule has 0 spiro atoms. The molecule has 0 amide bonds. The van der Waals surface area contributed by atoms with Gasteiger partial charge in [-0.05, 0) is 40.5 Å². The third-order valence-electron chi connectivity index (χ3n) is 6.22. The number of nitriles is 3. The van der Waals surface area contributed by atoms with E-state index in [9.17, 15) is 15.8 Å². The zero-order chi connectivity index (χ0) is 23.5. The van der Waals surface area contributed by atoms with Gasteiger partial charge < -0.3 is 4.90 Å². The van der Waals surface area contributed by atoms with E-state index in [4.69, 9.17) is 0 Å². The Morgan fingerprint density at radius 3 is 2.18 bits per heavy atom. The van der Waals surface area contributed by atoms with Crippen molar-refractivity contribution in [2.45, 2.75) is 12.8 Å². The summed E-state index contributed by atoms with van der Waals surface area (Å²) in [7, 11) is 0. The van der Waals surface area contributed by atoms with Gasteiger partial charge in [0.2, 0.25) is 0 Å². The van der Waals surface area contributed by atoms with E-state index in [1.165, 1.54) is 0 Å². The molecule has 5 rings (SSSR count). The average Bonchev–Trinajstić information content (AvgIpc) is 3.54. The van der Waals surface area contributed by atoms with Crippen LogP contribution in [0.2, 0.25) is 0 Å². The number of fused-ring (bicyclic) bond motifs is 1. The normalized spacial score (nSPS) is 13.4. The summed E-state index contributed by atoms with van der Waals surface area (Å²) in [4.78, 5) is 3.36. The SMILES string of the molecule is N#CC(C#N)=c1cc/c(=C/c2sc(N3CCCC3)c(C#N)c2-c2ccccc2)c2ccccc12. The van der Waals surface area contributed by atoms with Gasteiger partial charge in [-0.15, -0.1) is 11.3 Å². The molecule has 1 saturated heterocycles. The molecule has 4 aromatic rings. The summed E-state index contributed by atoms with van der Waals surface area (Å²) >= 11 is 1.66. The Kier molecular flexibility index (Phi) is 5.84. The van der Waals surface area contributed by atoms with E-state index < -0.39 is 0 Å². The zero-order valence-corrected chi connectivity index (χ0v) is 19.3. The van der Waals surface area contributed by atoms with Gasteiger partial charge in [0.15, 0.2) is 0 Å². The van der Waals surface area contributed by atoms with Gasteiger partial charge in [0.25, 0.3) is 0 Å². The first-order chi connectivity index (χ1) is 16.7. The van der Waals surface area contributed by atoms with E-state index in [1.807, 2.05) is 66.7 Å². The third kappa shape index (κ3) is 3.71. The molecule has 2 heterocycles. The molecule has 1 fully saturated rings. The topological polar surface area (TPSA) is 74.6 Å². The Hall–Kier alpha value is -4.37. The molecule has 4 nitrogen and oxygen atoms in total. The van der Waals surface area contributed by atoms with E-state index >= 15 is 0 Å². The minimum Gasteiger partial charge on any atom is -0.362 e. The van der Waals surface area contributed by atoms with Crippen molar-refractivity contribution in [3.05, 3.63) is 87.6 Å². The van der Waals surface area contributed by atoms with Gasteiger partial charge in [-0.2, -0.15) is 15.8 Å². The number of hydrogen-bond donors (Lipinski definition) is 0. The highest BCUT2D eigenvalue weighted by molar-refractivity contribution is 7.17. The predicted octanol–water partition coefficient (Wildman–Crippen LogP) is 5.07. The van der Waals surface area contributed by atoms with Gasteiger partial charge in [-0.3, -0.25) is 0 Å². The highest BCUT2D eigenvalue weighted by Gasteiger charge is 2.24. The van der Waals surface area contributed by atoms with Crippen LogP contribution in [-0.2, 0) is 0 Å². The maximum atomic E-state index is 10.2. The first-order valence-corrected chi connectivity index (χ1v) is 12.0. The third-order valence-corrected chi connectivity index (χ3v) is 7.42. The molecule has 1 aliphatic rings. The van der Waals surface area contributed by atoms with Crippen LogP contribution < -0.4 is 15.3 Å². The van der Waals surface area contributed by atoms with E-state index in [0.29, 0.717) is 5.22 Å². The molecule has 5 heteroatoms. The molecule has 162 valence electrons. The Balaban J connectivity index is 1.83. The predicted molar refractivity (Wildman–Crippen MR) is 137 cm³/mol. The summed E-state index contributed by atoms with van der Waals surface area (Å²) in [6.07, 6.45) is 4.42. The van der Waals surface area contributed by atoms with Crippen molar-refractivity contribution in [3.63, 3.8) is 0 Å². The monoisotopic (exact) mass is 456 g/mol. The molecule has 0 N–H and O–H groups in total. The van der Waals surface area contributed by atoms with Crippen molar-refractivity contribution < 1.29 is 0 Å². The Morgan fingerprint density at radius 1 is 0.824 bits per heavy atom. The van der Waals surface area contributed by atoms with Gasteiger partial charge in [-0.1, -0.05) is 66.7 Å². The molecule has 0 unspecified atom stereocenters. The molecule has 0 aliphatic carbocycles.